The van der Waals surface area contributed by atoms with Crippen molar-refractivity contribution in [3.8, 4) is 23.0 Å². The van der Waals surface area contributed by atoms with E-state index >= 15 is 0 Å². The number of rotatable bonds is 9. The molecule has 0 atom stereocenters. The highest BCUT2D eigenvalue weighted by atomic mass is 19.1. The lowest BCUT2D eigenvalue weighted by molar-refractivity contribution is 0.0946. The largest absolute Gasteiger partial charge is 0.496 e. The topological polar surface area (TPSA) is 66.0 Å². The summed E-state index contributed by atoms with van der Waals surface area (Å²) in [6.07, 6.45) is 0. The van der Waals surface area contributed by atoms with Crippen molar-refractivity contribution in [2.24, 2.45) is 0 Å². The normalized spacial score (nSPS) is 10.3. The molecule has 0 saturated heterocycles. The van der Waals surface area contributed by atoms with E-state index < -0.39 is 0 Å². The van der Waals surface area contributed by atoms with Gasteiger partial charge in [0.25, 0.3) is 5.91 Å². The van der Waals surface area contributed by atoms with Crippen LogP contribution in [0.3, 0.4) is 0 Å². The van der Waals surface area contributed by atoms with E-state index in [1.165, 1.54) is 12.1 Å². The highest BCUT2D eigenvalue weighted by Gasteiger charge is 2.15. The molecule has 162 valence electrons. The first kappa shape index (κ1) is 22.0. The van der Waals surface area contributed by atoms with Gasteiger partial charge in [0, 0.05) is 18.2 Å². The van der Waals surface area contributed by atoms with Gasteiger partial charge in [0.2, 0.25) is 0 Å². The fraction of sp³-hybridized carbons (Fsp3) is 0.208. The third-order valence-electron chi connectivity index (χ3n) is 4.67. The van der Waals surface area contributed by atoms with Crippen LogP contribution in [-0.2, 0) is 13.2 Å². The molecule has 0 bridgehead atoms. The second-order valence-corrected chi connectivity index (χ2v) is 6.61. The molecule has 1 amide bonds. The maximum absolute atomic E-state index is 13.1. The Labute approximate surface area is 180 Å². The van der Waals surface area contributed by atoms with Crippen LogP contribution in [0.1, 0.15) is 21.5 Å². The Hall–Kier alpha value is -3.74. The summed E-state index contributed by atoms with van der Waals surface area (Å²) in [6.45, 7) is 0.433. The molecule has 0 radical (unpaired) electrons. The van der Waals surface area contributed by atoms with Crippen LogP contribution in [0.4, 0.5) is 4.39 Å². The molecule has 0 aliphatic rings. The summed E-state index contributed by atoms with van der Waals surface area (Å²) in [5.74, 6) is 1.47. The number of methoxy groups -OCH3 is 3. The zero-order valence-corrected chi connectivity index (χ0v) is 17.6. The van der Waals surface area contributed by atoms with E-state index in [9.17, 15) is 9.18 Å². The number of hydrogen-bond acceptors (Lipinski definition) is 5. The summed E-state index contributed by atoms with van der Waals surface area (Å²) >= 11 is 0. The Balaban J connectivity index is 1.72. The Morgan fingerprint density at radius 2 is 1.48 bits per heavy atom. The Kier molecular flexibility index (Phi) is 7.32. The van der Waals surface area contributed by atoms with Gasteiger partial charge in [-0.15, -0.1) is 0 Å². The molecule has 3 aromatic carbocycles. The van der Waals surface area contributed by atoms with E-state index in [-0.39, 0.29) is 24.9 Å². The molecule has 0 aliphatic heterocycles. The average Bonchev–Trinajstić information content (AvgIpc) is 2.81. The maximum atomic E-state index is 13.1. The highest BCUT2D eigenvalue weighted by Crippen LogP contribution is 2.34. The van der Waals surface area contributed by atoms with Gasteiger partial charge in [-0.3, -0.25) is 4.79 Å². The van der Waals surface area contributed by atoms with Crippen molar-refractivity contribution in [3.63, 3.8) is 0 Å². The molecule has 0 aliphatic carbocycles. The van der Waals surface area contributed by atoms with Gasteiger partial charge in [0.1, 0.15) is 23.9 Å². The van der Waals surface area contributed by atoms with Crippen molar-refractivity contribution in [2.45, 2.75) is 13.2 Å². The fourth-order valence-corrected chi connectivity index (χ4v) is 3.02. The van der Waals surface area contributed by atoms with Crippen LogP contribution in [0.25, 0.3) is 0 Å². The lowest BCUT2D eigenvalue weighted by atomic mass is 10.1. The molecule has 3 aromatic rings. The van der Waals surface area contributed by atoms with Crippen molar-refractivity contribution in [1.82, 2.24) is 5.32 Å². The van der Waals surface area contributed by atoms with Crippen LogP contribution in [0.5, 0.6) is 23.0 Å². The minimum Gasteiger partial charge on any atom is -0.496 e. The van der Waals surface area contributed by atoms with Crippen molar-refractivity contribution in [3.05, 3.63) is 83.2 Å². The van der Waals surface area contributed by atoms with Crippen LogP contribution < -0.4 is 24.3 Å². The van der Waals surface area contributed by atoms with E-state index in [4.69, 9.17) is 18.9 Å². The van der Waals surface area contributed by atoms with Gasteiger partial charge in [0.05, 0.1) is 26.9 Å². The summed E-state index contributed by atoms with van der Waals surface area (Å²) in [4.78, 5) is 12.8. The quantitative estimate of drug-likeness (QED) is 0.552. The summed E-state index contributed by atoms with van der Waals surface area (Å²) in [5, 5.41) is 2.88. The number of nitrogens with one attached hydrogen (secondary N) is 1. The second-order valence-electron chi connectivity index (χ2n) is 6.61. The molecule has 0 spiro atoms. The van der Waals surface area contributed by atoms with Crippen LogP contribution in [0.2, 0.25) is 0 Å². The summed E-state index contributed by atoms with van der Waals surface area (Å²) in [6, 6.07) is 16.4. The number of carbonyl (C=O) groups excluding carboxylic acids is 1. The van der Waals surface area contributed by atoms with E-state index in [2.05, 4.69) is 5.32 Å². The minimum absolute atomic E-state index is 0.216. The third kappa shape index (κ3) is 5.45. The molecule has 0 aromatic heterocycles. The molecule has 7 heteroatoms. The number of hydrogen-bond donors (Lipinski definition) is 1. The molecule has 1 N–H and O–H groups in total. The smallest absolute Gasteiger partial charge is 0.255 e. The van der Waals surface area contributed by atoms with Crippen LogP contribution in [0.15, 0.2) is 60.7 Å². The van der Waals surface area contributed by atoms with Gasteiger partial charge in [-0.1, -0.05) is 24.3 Å². The van der Waals surface area contributed by atoms with Crippen molar-refractivity contribution >= 4 is 5.91 Å². The zero-order chi connectivity index (χ0) is 22.2. The lowest BCUT2D eigenvalue weighted by Crippen LogP contribution is -2.23. The van der Waals surface area contributed by atoms with E-state index in [1.54, 1.807) is 69.9 Å². The number of halogens is 1. The number of carbonyl (C=O) groups is 1. The molecule has 0 fully saturated rings. The van der Waals surface area contributed by atoms with Crippen molar-refractivity contribution in [1.29, 1.82) is 0 Å². The van der Waals surface area contributed by atoms with E-state index in [1.807, 2.05) is 0 Å². The number of amides is 1. The predicted octanol–water partition coefficient (Wildman–Crippen LogP) is 4.36. The standard InChI is InChI=1S/C24H24FNO5/c1-28-21-13-23(30-3)22(29-2)12-17(21)14-26-24(27)19-6-4-5-7-20(19)31-15-16-8-10-18(25)11-9-16/h4-13H,14-15H2,1-3H3,(H,26,27). The van der Waals surface area contributed by atoms with E-state index in [0.717, 1.165) is 11.1 Å². The first-order valence-corrected chi connectivity index (χ1v) is 9.59. The van der Waals surface area contributed by atoms with Crippen LogP contribution in [-0.4, -0.2) is 27.2 Å². The second kappa shape index (κ2) is 10.3. The van der Waals surface area contributed by atoms with Gasteiger partial charge < -0.3 is 24.3 Å². The Bertz CT molecular complexity index is 1040. The van der Waals surface area contributed by atoms with E-state index in [0.29, 0.717) is 28.6 Å². The maximum Gasteiger partial charge on any atom is 0.255 e. The van der Waals surface area contributed by atoms with Gasteiger partial charge in [0.15, 0.2) is 11.5 Å². The van der Waals surface area contributed by atoms with Crippen molar-refractivity contribution in [2.75, 3.05) is 21.3 Å². The van der Waals surface area contributed by atoms with Crippen molar-refractivity contribution < 1.29 is 28.1 Å². The predicted molar refractivity (Wildman–Crippen MR) is 114 cm³/mol. The molecule has 6 nitrogen and oxygen atoms in total. The SMILES string of the molecule is COc1cc(OC)c(OC)cc1CNC(=O)c1ccccc1OCc1ccc(F)cc1. The number of benzene rings is 3. The molecular formula is C24H24FNO5. The molecular weight excluding hydrogens is 401 g/mol. The first-order valence-electron chi connectivity index (χ1n) is 9.59. The zero-order valence-electron chi connectivity index (χ0n) is 17.6. The lowest BCUT2D eigenvalue weighted by Gasteiger charge is -2.15. The summed E-state index contributed by atoms with van der Waals surface area (Å²) in [7, 11) is 4.63. The summed E-state index contributed by atoms with van der Waals surface area (Å²) < 4.78 is 34.9. The summed E-state index contributed by atoms with van der Waals surface area (Å²) in [5.41, 5.74) is 1.92. The van der Waals surface area contributed by atoms with Gasteiger partial charge in [-0.05, 0) is 35.9 Å². The van der Waals surface area contributed by atoms with Crippen LogP contribution >= 0.6 is 0 Å². The van der Waals surface area contributed by atoms with Gasteiger partial charge >= 0.3 is 0 Å². The molecule has 31 heavy (non-hydrogen) atoms. The average molecular weight is 425 g/mol. The molecule has 0 saturated carbocycles. The number of para-hydroxylation sites is 1. The van der Waals surface area contributed by atoms with Crippen LogP contribution in [0, 0.1) is 5.82 Å². The van der Waals surface area contributed by atoms with Gasteiger partial charge in [-0.25, -0.2) is 4.39 Å². The Morgan fingerprint density at radius 3 is 2.16 bits per heavy atom. The molecule has 0 heterocycles. The third-order valence-corrected chi connectivity index (χ3v) is 4.67. The monoisotopic (exact) mass is 425 g/mol. The molecule has 0 unspecified atom stereocenters. The molecule has 3 rings (SSSR count). The fourth-order valence-electron chi connectivity index (χ4n) is 3.02. The van der Waals surface area contributed by atoms with Gasteiger partial charge in [-0.2, -0.15) is 0 Å². The Morgan fingerprint density at radius 1 is 0.839 bits per heavy atom. The number of ether oxygens (including phenoxy) is 4. The highest BCUT2D eigenvalue weighted by molar-refractivity contribution is 5.96. The first-order chi connectivity index (χ1) is 15.0. The minimum atomic E-state index is -0.311.